The predicted octanol–water partition coefficient (Wildman–Crippen LogP) is 4.64. The molecule has 0 aliphatic heterocycles. The number of nitrogens with two attached hydrogens (primary N) is 1. The second-order valence-electron chi connectivity index (χ2n) is 5.17. The van der Waals surface area contributed by atoms with Crippen molar-refractivity contribution in [2.24, 2.45) is 5.73 Å². The van der Waals surface area contributed by atoms with Gasteiger partial charge in [-0.15, -0.1) is 11.3 Å². The number of hydrogen-bond donors (Lipinski definition) is 2. The third-order valence-electron chi connectivity index (χ3n) is 3.80. The molecule has 1 aliphatic rings. The molecule has 0 amide bonds. The van der Waals surface area contributed by atoms with Crippen LogP contribution in [0.5, 0.6) is 0 Å². The van der Waals surface area contributed by atoms with Crippen molar-refractivity contribution in [3.63, 3.8) is 0 Å². The highest BCUT2D eigenvalue weighted by molar-refractivity contribution is 7.11. The Morgan fingerprint density at radius 2 is 2.33 bits per heavy atom. The normalized spacial score (nSPS) is 19.0. The fourth-order valence-electron chi connectivity index (χ4n) is 2.64. The molecule has 1 aromatic rings. The van der Waals surface area contributed by atoms with E-state index < -0.39 is 0 Å². The molecule has 1 atom stereocenters. The summed E-state index contributed by atoms with van der Waals surface area (Å²) >= 11 is 1.69. The van der Waals surface area contributed by atoms with Gasteiger partial charge in [0.1, 0.15) is 0 Å². The summed E-state index contributed by atoms with van der Waals surface area (Å²) in [5.74, 6) is 0. The van der Waals surface area contributed by atoms with E-state index in [-0.39, 0.29) is 6.04 Å². The van der Waals surface area contributed by atoms with Crippen molar-refractivity contribution in [3.05, 3.63) is 63.4 Å². The molecule has 110 valence electrons. The predicted molar refractivity (Wildman–Crippen MR) is 94.0 cm³/mol. The molecule has 3 heteroatoms. The molecule has 0 saturated heterocycles. The van der Waals surface area contributed by atoms with Crippen molar-refractivity contribution < 1.29 is 0 Å². The lowest BCUT2D eigenvalue weighted by Crippen LogP contribution is -2.30. The monoisotopic (exact) mass is 298 g/mol. The van der Waals surface area contributed by atoms with Crippen LogP contribution in [-0.4, -0.2) is 11.8 Å². The van der Waals surface area contributed by atoms with E-state index in [2.05, 4.69) is 37.9 Å². The zero-order valence-electron chi connectivity index (χ0n) is 12.6. The maximum Gasteiger partial charge on any atom is 0.0591 e. The first-order valence-electron chi connectivity index (χ1n) is 7.21. The van der Waals surface area contributed by atoms with Crippen LogP contribution in [0.1, 0.15) is 30.2 Å². The molecule has 2 nitrogen and oxygen atoms in total. The number of thiophene rings is 1. The molecule has 0 saturated carbocycles. The van der Waals surface area contributed by atoms with Gasteiger partial charge in [-0.25, -0.2) is 0 Å². The number of hydrogen-bond acceptors (Lipinski definition) is 3. The summed E-state index contributed by atoms with van der Waals surface area (Å²) in [5.41, 5.74) is 11.2. The van der Waals surface area contributed by atoms with Gasteiger partial charge in [0.15, 0.2) is 0 Å². The highest BCUT2D eigenvalue weighted by atomic mass is 32.1. The van der Waals surface area contributed by atoms with Crippen LogP contribution in [0.3, 0.4) is 0 Å². The molecule has 0 fully saturated rings. The molecule has 1 unspecified atom stereocenters. The Morgan fingerprint density at radius 1 is 1.57 bits per heavy atom. The molecule has 1 aromatic heterocycles. The maximum absolute atomic E-state index is 8.40. The lowest BCUT2D eigenvalue weighted by Gasteiger charge is -2.24. The van der Waals surface area contributed by atoms with E-state index in [1.165, 1.54) is 10.4 Å². The summed E-state index contributed by atoms with van der Waals surface area (Å²) in [7, 11) is 0. The second kappa shape index (κ2) is 6.83. The van der Waals surface area contributed by atoms with Crippen LogP contribution >= 0.6 is 11.3 Å². The van der Waals surface area contributed by atoms with Crippen molar-refractivity contribution in [3.8, 4) is 0 Å². The van der Waals surface area contributed by atoms with E-state index in [4.69, 9.17) is 11.1 Å². The number of rotatable bonds is 5. The van der Waals surface area contributed by atoms with E-state index in [0.717, 1.165) is 29.6 Å². The highest BCUT2D eigenvalue weighted by Gasteiger charge is 2.21. The van der Waals surface area contributed by atoms with Gasteiger partial charge in [-0.3, -0.25) is 0 Å². The Labute approximate surface area is 130 Å². The molecular formula is C18H22N2S. The van der Waals surface area contributed by atoms with Gasteiger partial charge >= 0.3 is 0 Å². The third-order valence-corrected chi connectivity index (χ3v) is 4.79. The van der Waals surface area contributed by atoms with Crippen molar-refractivity contribution in [2.75, 3.05) is 0 Å². The molecule has 0 aromatic carbocycles. The van der Waals surface area contributed by atoms with Crippen molar-refractivity contribution >= 4 is 23.1 Å². The Morgan fingerprint density at radius 3 is 2.90 bits per heavy atom. The largest absolute Gasteiger partial charge is 0.324 e. The molecule has 0 spiro atoms. The molecule has 1 aliphatic carbocycles. The van der Waals surface area contributed by atoms with Gasteiger partial charge in [0.25, 0.3) is 0 Å². The fraction of sp³-hybridized carbons (Fsp3) is 0.278. The highest BCUT2D eigenvalue weighted by Crippen LogP contribution is 2.29. The van der Waals surface area contributed by atoms with Gasteiger partial charge in [-0.2, -0.15) is 0 Å². The quantitative estimate of drug-likeness (QED) is 0.764. The molecule has 21 heavy (non-hydrogen) atoms. The van der Waals surface area contributed by atoms with E-state index in [0.29, 0.717) is 5.71 Å². The van der Waals surface area contributed by atoms with E-state index in [1.807, 2.05) is 18.2 Å². The van der Waals surface area contributed by atoms with Gasteiger partial charge < -0.3 is 11.1 Å². The number of nitrogens with one attached hydrogen (secondary N) is 1. The summed E-state index contributed by atoms with van der Waals surface area (Å²) in [5, 5.41) is 10.5. The van der Waals surface area contributed by atoms with Crippen LogP contribution in [0, 0.1) is 12.3 Å². The van der Waals surface area contributed by atoms with Gasteiger partial charge in [0.05, 0.1) is 5.71 Å². The van der Waals surface area contributed by atoms with Crippen LogP contribution in [0.25, 0.3) is 6.08 Å². The fourth-order valence-corrected chi connectivity index (χ4v) is 3.46. The minimum Gasteiger partial charge on any atom is -0.324 e. The summed E-state index contributed by atoms with van der Waals surface area (Å²) in [6, 6.07) is 2.00. The first-order chi connectivity index (χ1) is 10.1. The molecule has 1 heterocycles. The Kier molecular flexibility index (Phi) is 5.10. The average Bonchev–Trinajstić information content (AvgIpc) is 2.89. The van der Waals surface area contributed by atoms with E-state index in [1.54, 1.807) is 11.3 Å². The van der Waals surface area contributed by atoms with E-state index in [9.17, 15) is 0 Å². The first-order valence-corrected chi connectivity index (χ1v) is 8.09. The summed E-state index contributed by atoms with van der Waals surface area (Å²) in [4.78, 5) is 1.20. The summed E-state index contributed by atoms with van der Waals surface area (Å²) in [6.45, 7) is 8.06. The van der Waals surface area contributed by atoms with Gasteiger partial charge in [-0.05, 0) is 65.6 Å². The number of allylic oxidation sites excluding steroid dienone is 4. The van der Waals surface area contributed by atoms with Crippen molar-refractivity contribution in [2.45, 2.75) is 32.7 Å². The molecule has 2 rings (SSSR count). The number of aryl methyl sites for hydroxylation is 1. The third kappa shape index (κ3) is 3.31. The average molecular weight is 298 g/mol. The zero-order valence-corrected chi connectivity index (χ0v) is 13.5. The van der Waals surface area contributed by atoms with Crippen LogP contribution in [0.2, 0.25) is 0 Å². The Bertz CT molecular complexity index is 644. The first kappa shape index (κ1) is 15.7. The summed E-state index contributed by atoms with van der Waals surface area (Å²) < 4.78 is 0. The van der Waals surface area contributed by atoms with Crippen molar-refractivity contribution in [1.82, 2.24) is 0 Å². The molecule has 3 N–H and O–H groups in total. The molecule has 0 radical (unpaired) electrons. The smallest absolute Gasteiger partial charge is 0.0591 e. The zero-order chi connectivity index (χ0) is 15.4. The van der Waals surface area contributed by atoms with Crippen LogP contribution in [-0.2, 0) is 0 Å². The van der Waals surface area contributed by atoms with E-state index >= 15 is 0 Å². The topological polar surface area (TPSA) is 49.9 Å². The second-order valence-corrected chi connectivity index (χ2v) is 6.11. The van der Waals surface area contributed by atoms with Crippen LogP contribution in [0.15, 0.2) is 53.0 Å². The molecule has 0 bridgehead atoms. The maximum atomic E-state index is 8.40. The standard InChI is InChI=1S/C18H22N2S/c1-4-13-6-7-15(19)18(14(13)5-2)16(20)8-9-17-12(3)10-11-21-17/h4,6,8-11,15,20H,1,5,7,19H2,2-3H3/b9-8+,20-16?. The summed E-state index contributed by atoms with van der Waals surface area (Å²) in [6.07, 6.45) is 9.52. The minimum atomic E-state index is -0.0924. The van der Waals surface area contributed by atoms with Gasteiger partial charge in [0.2, 0.25) is 0 Å². The lowest BCUT2D eigenvalue weighted by atomic mass is 9.83. The van der Waals surface area contributed by atoms with Gasteiger partial charge in [-0.1, -0.05) is 25.7 Å². The van der Waals surface area contributed by atoms with Crippen LogP contribution in [0.4, 0.5) is 0 Å². The Hall–Kier alpha value is -1.71. The lowest BCUT2D eigenvalue weighted by molar-refractivity contribution is 0.777. The minimum absolute atomic E-state index is 0.0924. The van der Waals surface area contributed by atoms with Crippen LogP contribution < -0.4 is 5.73 Å². The van der Waals surface area contributed by atoms with Crippen molar-refractivity contribution in [1.29, 1.82) is 5.41 Å². The molecular weight excluding hydrogens is 276 g/mol. The SMILES string of the molecule is C=CC1=CCC(N)C(C(=N)/C=C/c2sccc2C)=C1CC. The Balaban J connectivity index is 2.33. The van der Waals surface area contributed by atoms with Gasteiger partial charge in [0, 0.05) is 10.9 Å².